The Kier molecular flexibility index (Phi) is 6.68. The van der Waals surface area contributed by atoms with Crippen molar-refractivity contribution in [3.8, 4) is 0 Å². The lowest BCUT2D eigenvalue weighted by atomic mass is 10.3. The van der Waals surface area contributed by atoms with Gasteiger partial charge >= 0.3 is 5.97 Å². The summed E-state index contributed by atoms with van der Waals surface area (Å²) >= 11 is 0. The maximum atomic E-state index is 9.84. The molecule has 74 valence electrons. The highest BCUT2D eigenvalue weighted by Gasteiger charge is 1.81. The maximum Gasteiger partial charge on any atom is 0.329 e. The zero-order valence-electron chi connectivity index (χ0n) is 8.14. The summed E-state index contributed by atoms with van der Waals surface area (Å²) in [5, 5.41) is 0. The van der Waals surface area contributed by atoms with Crippen LogP contribution >= 0.6 is 0 Å². The van der Waals surface area contributed by atoms with Gasteiger partial charge in [0.1, 0.15) is 0 Å². The number of methoxy groups -OCH3 is 1. The quantitative estimate of drug-likeness (QED) is 0.530. The molecular weight excluding hydrogens is 178 g/mol. The standard InChI is InChI=1S/C7H7N.C4H6O2/c1-2-7-4-3-5-8-6-7;1-3-4(5)6-2/h2-6H,1H2;3H,1H2,2H3. The Morgan fingerprint density at radius 2 is 2.29 bits per heavy atom. The van der Waals surface area contributed by atoms with E-state index in [1.807, 2.05) is 12.1 Å². The van der Waals surface area contributed by atoms with Crippen LogP contribution in [0.2, 0.25) is 0 Å². The number of hydrogen-bond donors (Lipinski definition) is 0. The number of esters is 1. The highest BCUT2D eigenvalue weighted by molar-refractivity contribution is 5.80. The van der Waals surface area contributed by atoms with Gasteiger partial charge < -0.3 is 4.74 Å². The fourth-order valence-corrected chi connectivity index (χ4v) is 0.580. The van der Waals surface area contributed by atoms with Crippen molar-refractivity contribution in [3.63, 3.8) is 0 Å². The van der Waals surface area contributed by atoms with Gasteiger partial charge in [-0.25, -0.2) is 4.79 Å². The third-order valence-electron chi connectivity index (χ3n) is 1.29. The average molecular weight is 191 g/mol. The molecule has 0 unspecified atom stereocenters. The molecule has 0 atom stereocenters. The summed E-state index contributed by atoms with van der Waals surface area (Å²) in [7, 11) is 1.31. The van der Waals surface area contributed by atoms with E-state index in [2.05, 4.69) is 22.9 Å². The lowest BCUT2D eigenvalue weighted by molar-refractivity contribution is -0.134. The Balaban J connectivity index is 0.000000255. The fourth-order valence-electron chi connectivity index (χ4n) is 0.580. The number of aromatic nitrogens is 1. The Hall–Kier alpha value is -1.90. The van der Waals surface area contributed by atoms with Crippen molar-refractivity contribution in [1.29, 1.82) is 0 Å². The molecule has 0 aliphatic carbocycles. The van der Waals surface area contributed by atoms with Crippen molar-refractivity contribution >= 4 is 12.0 Å². The summed E-state index contributed by atoms with van der Waals surface area (Å²) in [4.78, 5) is 13.7. The number of ether oxygens (including phenoxy) is 1. The number of rotatable bonds is 2. The number of carbonyl (C=O) groups is 1. The lowest BCUT2D eigenvalue weighted by Gasteiger charge is -1.84. The van der Waals surface area contributed by atoms with Crippen molar-refractivity contribution in [2.45, 2.75) is 0 Å². The topological polar surface area (TPSA) is 39.2 Å². The normalized spacial score (nSPS) is 7.79. The second kappa shape index (κ2) is 7.73. The molecule has 0 bridgehead atoms. The van der Waals surface area contributed by atoms with Crippen LogP contribution in [0.5, 0.6) is 0 Å². The molecule has 0 saturated carbocycles. The number of hydrogen-bond acceptors (Lipinski definition) is 3. The van der Waals surface area contributed by atoms with Crippen LogP contribution in [-0.4, -0.2) is 18.1 Å². The average Bonchev–Trinajstić information content (AvgIpc) is 2.30. The van der Waals surface area contributed by atoms with Crippen molar-refractivity contribution < 1.29 is 9.53 Å². The monoisotopic (exact) mass is 191 g/mol. The van der Waals surface area contributed by atoms with E-state index in [0.29, 0.717) is 0 Å². The molecule has 1 aromatic rings. The van der Waals surface area contributed by atoms with E-state index >= 15 is 0 Å². The highest BCUT2D eigenvalue weighted by Crippen LogP contribution is 1.94. The van der Waals surface area contributed by atoms with Gasteiger partial charge in [-0.15, -0.1) is 0 Å². The third kappa shape index (κ3) is 5.71. The first kappa shape index (κ1) is 12.1. The SMILES string of the molecule is C=CC(=O)OC.C=Cc1cccnc1. The minimum absolute atomic E-state index is 0.394. The number of pyridine rings is 1. The van der Waals surface area contributed by atoms with Gasteiger partial charge in [-0.2, -0.15) is 0 Å². The first-order chi connectivity index (χ1) is 6.74. The van der Waals surface area contributed by atoms with Crippen LogP contribution in [0.25, 0.3) is 6.08 Å². The molecule has 0 aromatic carbocycles. The van der Waals surface area contributed by atoms with Gasteiger partial charge in [0.2, 0.25) is 0 Å². The van der Waals surface area contributed by atoms with Crippen molar-refractivity contribution in [2.75, 3.05) is 7.11 Å². The minimum atomic E-state index is -0.394. The van der Waals surface area contributed by atoms with Gasteiger partial charge in [0, 0.05) is 18.5 Å². The van der Waals surface area contributed by atoms with Crippen LogP contribution in [0.1, 0.15) is 5.56 Å². The zero-order valence-corrected chi connectivity index (χ0v) is 8.14. The summed E-state index contributed by atoms with van der Waals surface area (Å²) in [6.45, 7) is 6.75. The molecule has 0 fully saturated rings. The molecule has 0 aliphatic rings. The lowest BCUT2D eigenvalue weighted by Crippen LogP contribution is -1.91. The predicted octanol–water partition coefficient (Wildman–Crippen LogP) is 2.07. The summed E-state index contributed by atoms with van der Waals surface area (Å²) in [6, 6.07) is 3.84. The van der Waals surface area contributed by atoms with E-state index in [1.54, 1.807) is 18.5 Å². The van der Waals surface area contributed by atoms with E-state index in [-0.39, 0.29) is 0 Å². The Morgan fingerprint density at radius 1 is 1.57 bits per heavy atom. The minimum Gasteiger partial charge on any atom is -0.466 e. The molecule has 0 spiro atoms. The molecule has 0 N–H and O–H groups in total. The number of nitrogens with zero attached hydrogens (tertiary/aromatic N) is 1. The highest BCUT2D eigenvalue weighted by atomic mass is 16.5. The van der Waals surface area contributed by atoms with E-state index in [9.17, 15) is 4.79 Å². The van der Waals surface area contributed by atoms with Gasteiger partial charge in [0.15, 0.2) is 0 Å². The fraction of sp³-hybridized carbons (Fsp3) is 0.0909. The Labute approximate surface area is 83.7 Å². The molecule has 1 heterocycles. The van der Waals surface area contributed by atoms with Crippen LogP contribution in [0.15, 0.2) is 43.8 Å². The summed E-state index contributed by atoms with van der Waals surface area (Å²) in [5.74, 6) is -0.394. The Bertz CT molecular complexity index is 293. The summed E-state index contributed by atoms with van der Waals surface area (Å²) < 4.78 is 4.14. The van der Waals surface area contributed by atoms with E-state index in [0.717, 1.165) is 11.6 Å². The van der Waals surface area contributed by atoms with Crippen LogP contribution in [-0.2, 0) is 9.53 Å². The molecule has 14 heavy (non-hydrogen) atoms. The van der Waals surface area contributed by atoms with Gasteiger partial charge in [0.05, 0.1) is 7.11 Å². The molecule has 1 rings (SSSR count). The van der Waals surface area contributed by atoms with E-state index in [4.69, 9.17) is 0 Å². The largest absolute Gasteiger partial charge is 0.466 e. The smallest absolute Gasteiger partial charge is 0.329 e. The van der Waals surface area contributed by atoms with Crippen LogP contribution in [0.3, 0.4) is 0 Å². The van der Waals surface area contributed by atoms with Crippen LogP contribution in [0.4, 0.5) is 0 Å². The first-order valence-electron chi connectivity index (χ1n) is 3.97. The predicted molar refractivity (Wildman–Crippen MR) is 56.5 cm³/mol. The molecule has 0 saturated heterocycles. The molecule has 3 nitrogen and oxygen atoms in total. The summed E-state index contributed by atoms with van der Waals surface area (Å²) in [6.07, 6.45) is 6.40. The van der Waals surface area contributed by atoms with Gasteiger partial charge in [-0.1, -0.05) is 25.3 Å². The second-order valence-corrected chi connectivity index (χ2v) is 2.22. The molecular formula is C11H13NO2. The van der Waals surface area contributed by atoms with Crippen LogP contribution in [0, 0.1) is 0 Å². The zero-order chi connectivity index (χ0) is 10.8. The maximum absolute atomic E-state index is 9.84. The molecule has 0 radical (unpaired) electrons. The van der Waals surface area contributed by atoms with E-state index < -0.39 is 5.97 Å². The third-order valence-corrected chi connectivity index (χ3v) is 1.29. The Morgan fingerprint density at radius 3 is 2.50 bits per heavy atom. The molecule has 3 heteroatoms. The van der Waals surface area contributed by atoms with Crippen molar-refractivity contribution in [2.24, 2.45) is 0 Å². The van der Waals surface area contributed by atoms with Gasteiger partial charge in [-0.3, -0.25) is 4.98 Å². The van der Waals surface area contributed by atoms with Crippen LogP contribution < -0.4 is 0 Å². The van der Waals surface area contributed by atoms with Crippen molar-refractivity contribution in [1.82, 2.24) is 4.98 Å². The summed E-state index contributed by atoms with van der Waals surface area (Å²) in [5.41, 5.74) is 1.06. The number of carbonyl (C=O) groups excluding carboxylic acids is 1. The molecule has 0 amide bonds. The molecule has 1 aromatic heterocycles. The molecule has 0 aliphatic heterocycles. The second-order valence-electron chi connectivity index (χ2n) is 2.22. The van der Waals surface area contributed by atoms with Crippen molar-refractivity contribution in [3.05, 3.63) is 49.3 Å². The van der Waals surface area contributed by atoms with E-state index in [1.165, 1.54) is 7.11 Å². The first-order valence-corrected chi connectivity index (χ1v) is 3.97. The van der Waals surface area contributed by atoms with Gasteiger partial charge in [0.25, 0.3) is 0 Å². The van der Waals surface area contributed by atoms with Gasteiger partial charge in [-0.05, 0) is 11.6 Å².